The molecule has 2 aliphatic carbocycles. The van der Waals surface area contributed by atoms with Crippen LogP contribution in [0.2, 0.25) is 0 Å². The van der Waals surface area contributed by atoms with Crippen molar-refractivity contribution in [3.63, 3.8) is 0 Å². The monoisotopic (exact) mass is 334 g/mol. The van der Waals surface area contributed by atoms with Crippen molar-refractivity contribution in [1.82, 2.24) is 0 Å². The van der Waals surface area contributed by atoms with Crippen LogP contribution in [0.5, 0.6) is 0 Å². The average Bonchev–Trinajstić information content (AvgIpc) is 2.92. The van der Waals surface area contributed by atoms with Gasteiger partial charge in [0.25, 0.3) is 0 Å². The van der Waals surface area contributed by atoms with Crippen molar-refractivity contribution in [3.8, 4) is 0 Å². The molecule has 0 amide bonds. The first kappa shape index (κ1) is 18.4. The largest absolute Gasteiger partial charge is 0.465 e. The quantitative estimate of drug-likeness (QED) is 0.571. The van der Waals surface area contributed by atoms with Gasteiger partial charge in [0.2, 0.25) is 0 Å². The van der Waals surface area contributed by atoms with E-state index in [4.69, 9.17) is 9.47 Å². The maximum Gasteiger partial charge on any atom is 0.324 e. The minimum Gasteiger partial charge on any atom is -0.465 e. The molecule has 2 aliphatic rings. The lowest BCUT2D eigenvalue weighted by Gasteiger charge is -2.33. The van der Waals surface area contributed by atoms with E-state index in [1.54, 1.807) is 13.8 Å². The standard InChI is InChI=1S/C19H26O5/c1-4-23-17(21)19(18(22)24-5-2)11-13(3)8-15(12-19)9-14-6-7-16(20)10-14/h8-9,14H,4-7,10-12H2,1-3H3/b15-9-. The molecule has 1 atom stereocenters. The lowest BCUT2D eigenvalue weighted by Crippen LogP contribution is -2.44. The Balaban J connectivity index is 2.32. The smallest absolute Gasteiger partial charge is 0.324 e. The van der Waals surface area contributed by atoms with Gasteiger partial charge in [0.1, 0.15) is 5.78 Å². The van der Waals surface area contributed by atoms with E-state index in [1.165, 1.54) is 0 Å². The molecular weight excluding hydrogens is 308 g/mol. The van der Waals surface area contributed by atoms with E-state index in [1.807, 2.05) is 19.1 Å². The lowest BCUT2D eigenvalue weighted by molar-refractivity contribution is -0.172. The second-order valence-corrected chi connectivity index (χ2v) is 6.65. The molecule has 0 aliphatic heterocycles. The van der Waals surface area contributed by atoms with Crippen LogP contribution in [0.3, 0.4) is 0 Å². The van der Waals surface area contributed by atoms with Crippen molar-refractivity contribution in [2.75, 3.05) is 13.2 Å². The number of carbonyl (C=O) groups excluding carboxylic acids is 3. The fraction of sp³-hybridized carbons (Fsp3) is 0.632. The van der Waals surface area contributed by atoms with E-state index in [0.717, 1.165) is 17.6 Å². The molecule has 0 radical (unpaired) electrons. The molecule has 1 unspecified atom stereocenters. The summed E-state index contributed by atoms with van der Waals surface area (Å²) in [4.78, 5) is 36.7. The maximum atomic E-state index is 12.6. The zero-order chi connectivity index (χ0) is 17.7. The predicted molar refractivity (Wildman–Crippen MR) is 89.1 cm³/mol. The Morgan fingerprint density at radius 3 is 2.33 bits per heavy atom. The van der Waals surface area contributed by atoms with Crippen molar-refractivity contribution in [3.05, 3.63) is 23.3 Å². The number of ether oxygens (including phenoxy) is 2. The first-order valence-corrected chi connectivity index (χ1v) is 8.65. The summed E-state index contributed by atoms with van der Waals surface area (Å²) in [6.45, 7) is 5.80. The second-order valence-electron chi connectivity index (χ2n) is 6.65. The third kappa shape index (κ3) is 3.94. The lowest BCUT2D eigenvalue weighted by atomic mass is 9.72. The van der Waals surface area contributed by atoms with Crippen LogP contribution >= 0.6 is 0 Å². The van der Waals surface area contributed by atoms with Crippen LogP contribution in [-0.2, 0) is 23.9 Å². The van der Waals surface area contributed by atoms with Gasteiger partial charge in [-0.05, 0) is 46.0 Å². The summed E-state index contributed by atoms with van der Waals surface area (Å²) in [5.41, 5.74) is 0.553. The summed E-state index contributed by atoms with van der Waals surface area (Å²) in [6.07, 6.45) is 6.62. The molecule has 0 aromatic rings. The van der Waals surface area contributed by atoms with Crippen molar-refractivity contribution in [1.29, 1.82) is 0 Å². The Morgan fingerprint density at radius 1 is 1.21 bits per heavy atom. The Labute approximate surface area is 143 Å². The molecule has 0 aromatic carbocycles. The summed E-state index contributed by atoms with van der Waals surface area (Å²) < 4.78 is 10.4. The first-order chi connectivity index (χ1) is 11.4. The van der Waals surface area contributed by atoms with E-state index in [0.29, 0.717) is 19.3 Å². The zero-order valence-electron chi connectivity index (χ0n) is 14.7. The third-order valence-corrected chi connectivity index (χ3v) is 4.58. The Bertz CT molecular complexity index is 567. The van der Waals surface area contributed by atoms with Gasteiger partial charge in [-0.15, -0.1) is 0 Å². The molecule has 0 saturated heterocycles. The molecule has 1 fully saturated rings. The minimum absolute atomic E-state index is 0.191. The molecule has 0 aromatic heterocycles. The summed E-state index contributed by atoms with van der Waals surface area (Å²) in [5.74, 6) is -0.583. The van der Waals surface area contributed by atoms with Gasteiger partial charge in [0.15, 0.2) is 5.41 Å². The van der Waals surface area contributed by atoms with Crippen molar-refractivity contribution in [2.45, 2.75) is 52.9 Å². The van der Waals surface area contributed by atoms with Gasteiger partial charge >= 0.3 is 11.9 Å². The van der Waals surface area contributed by atoms with Crippen molar-refractivity contribution < 1.29 is 23.9 Å². The minimum atomic E-state index is -1.31. The van der Waals surface area contributed by atoms with E-state index >= 15 is 0 Å². The molecule has 0 heterocycles. The molecule has 2 rings (SSSR count). The number of ketones is 1. The number of esters is 2. The number of carbonyl (C=O) groups is 3. The fourth-order valence-electron chi connectivity index (χ4n) is 3.61. The fourth-order valence-corrected chi connectivity index (χ4v) is 3.61. The molecule has 5 nitrogen and oxygen atoms in total. The number of Topliss-reactive ketones (excluding diaryl/α,β-unsaturated/α-hetero) is 1. The number of rotatable bonds is 5. The highest BCUT2D eigenvalue weighted by Crippen LogP contribution is 2.42. The third-order valence-electron chi connectivity index (χ3n) is 4.58. The highest BCUT2D eigenvalue weighted by atomic mass is 16.6. The predicted octanol–water partition coefficient (Wildman–Crippen LogP) is 3.13. The molecule has 0 spiro atoms. The van der Waals surface area contributed by atoms with Crippen LogP contribution in [0.4, 0.5) is 0 Å². The molecule has 1 saturated carbocycles. The Morgan fingerprint density at radius 2 is 1.83 bits per heavy atom. The van der Waals surface area contributed by atoms with Crippen LogP contribution in [0.25, 0.3) is 0 Å². The highest BCUT2D eigenvalue weighted by Gasteiger charge is 2.50. The molecule has 5 heteroatoms. The summed E-state index contributed by atoms with van der Waals surface area (Å²) in [5, 5.41) is 0. The van der Waals surface area contributed by atoms with Gasteiger partial charge < -0.3 is 9.47 Å². The normalized spacial score (nSPS) is 24.6. The zero-order valence-corrected chi connectivity index (χ0v) is 14.7. The van der Waals surface area contributed by atoms with Gasteiger partial charge in [0.05, 0.1) is 13.2 Å². The number of hydrogen-bond acceptors (Lipinski definition) is 5. The van der Waals surface area contributed by atoms with Gasteiger partial charge in [-0.25, -0.2) is 0 Å². The topological polar surface area (TPSA) is 69.7 Å². The summed E-state index contributed by atoms with van der Waals surface area (Å²) in [6, 6.07) is 0. The van der Waals surface area contributed by atoms with Crippen molar-refractivity contribution >= 4 is 17.7 Å². The SMILES string of the molecule is CCOC(=O)C1(C(=O)OCC)CC(C)=C/C(=C/C2CCC(=O)C2)C1. The van der Waals surface area contributed by atoms with Crippen LogP contribution in [0.1, 0.15) is 52.9 Å². The maximum absolute atomic E-state index is 12.6. The van der Waals surface area contributed by atoms with Crippen LogP contribution in [-0.4, -0.2) is 30.9 Å². The second kappa shape index (κ2) is 7.77. The van der Waals surface area contributed by atoms with Crippen LogP contribution in [0, 0.1) is 11.3 Å². The number of allylic oxidation sites excluding steroid dienone is 4. The number of hydrogen-bond donors (Lipinski definition) is 0. The van der Waals surface area contributed by atoms with Gasteiger partial charge in [0, 0.05) is 12.8 Å². The summed E-state index contributed by atoms with van der Waals surface area (Å²) in [7, 11) is 0. The Kier molecular flexibility index (Phi) is 5.97. The van der Waals surface area contributed by atoms with E-state index in [9.17, 15) is 14.4 Å². The van der Waals surface area contributed by atoms with E-state index in [2.05, 4.69) is 0 Å². The molecule has 0 N–H and O–H groups in total. The molecule has 24 heavy (non-hydrogen) atoms. The van der Waals surface area contributed by atoms with E-state index < -0.39 is 17.4 Å². The van der Waals surface area contributed by atoms with E-state index in [-0.39, 0.29) is 31.3 Å². The van der Waals surface area contributed by atoms with Gasteiger partial charge in [-0.2, -0.15) is 0 Å². The van der Waals surface area contributed by atoms with Crippen LogP contribution in [0.15, 0.2) is 23.3 Å². The molecular formula is C19H26O5. The van der Waals surface area contributed by atoms with Crippen molar-refractivity contribution in [2.24, 2.45) is 11.3 Å². The Hall–Kier alpha value is -1.91. The summed E-state index contributed by atoms with van der Waals surface area (Å²) >= 11 is 0. The van der Waals surface area contributed by atoms with Crippen LogP contribution < -0.4 is 0 Å². The molecule has 132 valence electrons. The van der Waals surface area contributed by atoms with Gasteiger partial charge in [-0.3, -0.25) is 14.4 Å². The first-order valence-electron chi connectivity index (χ1n) is 8.65. The molecule has 0 bridgehead atoms. The van der Waals surface area contributed by atoms with Gasteiger partial charge in [-0.1, -0.05) is 23.3 Å². The highest BCUT2D eigenvalue weighted by molar-refractivity contribution is 6.01. The average molecular weight is 334 g/mol.